The monoisotopic (exact) mass is 663 g/mol. The normalized spacial score (nSPS) is 16.4. The van der Waals surface area contributed by atoms with Crippen LogP contribution in [0.1, 0.15) is 43.4 Å². The molecule has 0 spiro atoms. The minimum Gasteiger partial charge on any atom is -0.380 e. The van der Waals surface area contributed by atoms with Gasteiger partial charge in [-0.3, -0.25) is 9.59 Å². The van der Waals surface area contributed by atoms with Gasteiger partial charge in [-0.2, -0.15) is 17.5 Å². The van der Waals surface area contributed by atoms with E-state index in [4.69, 9.17) is 9.53 Å². The average Bonchev–Trinajstić information content (AvgIpc) is 2.95. The van der Waals surface area contributed by atoms with E-state index in [2.05, 4.69) is 27.9 Å². The number of ether oxygens (including phenoxy) is 1. The van der Waals surface area contributed by atoms with Crippen molar-refractivity contribution in [1.29, 1.82) is 0 Å². The van der Waals surface area contributed by atoms with E-state index in [0.717, 1.165) is 47.2 Å². The second-order valence-corrected chi connectivity index (χ2v) is 12.3. The number of aldehydes is 1. The molecule has 0 N–H and O–H groups in total. The molecule has 8 nitrogen and oxygen atoms in total. The molecule has 228 valence electrons. The zero-order valence-corrected chi connectivity index (χ0v) is 26.1. The second kappa shape index (κ2) is 15.8. The van der Waals surface area contributed by atoms with Crippen molar-refractivity contribution in [3.05, 3.63) is 57.6 Å². The van der Waals surface area contributed by atoms with Gasteiger partial charge in [-0.15, -0.1) is 0 Å². The fraction of sp³-hybridized carbons (Fsp3) is 0.500. The lowest BCUT2D eigenvalue weighted by Gasteiger charge is -2.37. The SMILES string of the molecule is CC.COCc1cc(Br)ccc1N(C=O)C1CCN(S(=O)(=O)c2ccc3c(c2)CN(C)CC3)CC1.O=CC(F)(F)F. The summed E-state index contributed by atoms with van der Waals surface area (Å²) in [6.07, 6.45) is -2.76. The maximum atomic E-state index is 13.4. The molecule has 1 amide bonds. The summed E-state index contributed by atoms with van der Waals surface area (Å²) in [4.78, 5) is 25.0. The number of rotatable bonds is 7. The van der Waals surface area contributed by atoms with Gasteiger partial charge < -0.3 is 14.5 Å². The van der Waals surface area contributed by atoms with Crippen LogP contribution in [-0.4, -0.2) is 76.3 Å². The van der Waals surface area contributed by atoms with Crippen molar-refractivity contribution in [2.45, 2.75) is 63.4 Å². The van der Waals surface area contributed by atoms with Crippen LogP contribution < -0.4 is 4.90 Å². The van der Waals surface area contributed by atoms with Crippen molar-refractivity contribution >= 4 is 44.3 Å². The van der Waals surface area contributed by atoms with E-state index in [9.17, 15) is 26.4 Å². The summed E-state index contributed by atoms with van der Waals surface area (Å²) in [5, 5.41) is 0. The fourth-order valence-corrected chi connectivity index (χ4v) is 6.69. The highest BCUT2D eigenvalue weighted by Crippen LogP contribution is 2.31. The zero-order valence-electron chi connectivity index (χ0n) is 23.7. The number of nitrogens with zero attached hydrogens (tertiary/aromatic N) is 3. The summed E-state index contributed by atoms with van der Waals surface area (Å²) in [6, 6.07) is 11.2. The topological polar surface area (TPSA) is 87.2 Å². The smallest absolute Gasteiger partial charge is 0.380 e. The number of methoxy groups -OCH3 is 1. The molecule has 1 saturated heterocycles. The predicted molar refractivity (Wildman–Crippen MR) is 155 cm³/mol. The maximum absolute atomic E-state index is 13.4. The van der Waals surface area contributed by atoms with Crippen molar-refractivity contribution in [1.82, 2.24) is 9.21 Å². The summed E-state index contributed by atoms with van der Waals surface area (Å²) >= 11 is 3.47. The molecule has 0 aliphatic carbocycles. The molecule has 2 heterocycles. The standard InChI is InChI=1S/C24H30BrN3O4S.C2HF3O.C2H6/c1-26-10-7-18-3-5-23(14-19(18)15-26)33(30,31)27-11-8-22(9-12-27)28(17-29)24-6-4-21(25)13-20(24)16-32-2;3-2(4,5)1-6;1-2/h3-6,13-14,17,22H,7-12,15-16H2,1-2H3;1H;1-2H3. The number of sulfonamides is 1. The van der Waals surface area contributed by atoms with Crippen molar-refractivity contribution in [2.75, 3.05) is 38.7 Å². The van der Waals surface area contributed by atoms with E-state index in [-0.39, 0.29) is 6.04 Å². The van der Waals surface area contributed by atoms with Gasteiger partial charge >= 0.3 is 6.18 Å². The summed E-state index contributed by atoms with van der Waals surface area (Å²) in [6.45, 7) is 6.91. The van der Waals surface area contributed by atoms with Gasteiger partial charge in [0.25, 0.3) is 0 Å². The van der Waals surface area contributed by atoms with Crippen LogP contribution in [-0.2, 0) is 43.9 Å². The molecule has 41 heavy (non-hydrogen) atoms. The minimum atomic E-state index is -4.64. The summed E-state index contributed by atoms with van der Waals surface area (Å²) in [7, 11) is 0.102. The number of benzene rings is 2. The third-order valence-corrected chi connectivity index (χ3v) is 9.09. The second-order valence-electron chi connectivity index (χ2n) is 9.43. The molecule has 1 fully saturated rings. The number of halogens is 4. The van der Waals surface area contributed by atoms with Crippen LogP contribution in [0.15, 0.2) is 45.8 Å². The Kier molecular flexibility index (Phi) is 13.4. The number of fused-ring (bicyclic) bond motifs is 1. The van der Waals surface area contributed by atoms with Gasteiger partial charge in [-0.1, -0.05) is 35.8 Å². The molecule has 0 bridgehead atoms. The van der Waals surface area contributed by atoms with Gasteiger partial charge in [-0.05, 0) is 67.8 Å². The van der Waals surface area contributed by atoms with Crippen LogP contribution in [0.4, 0.5) is 18.9 Å². The highest BCUT2D eigenvalue weighted by Gasteiger charge is 2.33. The van der Waals surface area contributed by atoms with Gasteiger partial charge in [0, 0.05) is 55.1 Å². The number of carbonyl (C=O) groups is 2. The Hall–Kier alpha value is -2.32. The molecule has 0 aromatic heterocycles. The Balaban J connectivity index is 0.000000654. The number of alkyl halides is 3. The molecule has 2 aromatic rings. The Morgan fingerprint density at radius 3 is 2.24 bits per heavy atom. The molecule has 0 saturated carbocycles. The summed E-state index contributed by atoms with van der Waals surface area (Å²) in [5.74, 6) is 0. The zero-order chi connectivity index (χ0) is 30.8. The van der Waals surface area contributed by atoms with E-state index < -0.39 is 22.5 Å². The van der Waals surface area contributed by atoms with Gasteiger partial charge in [0.1, 0.15) is 0 Å². The summed E-state index contributed by atoms with van der Waals surface area (Å²) < 4.78 is 65.7. The van der Waals surface area contributed by atoms with E-state index >= 15 is 0 Å². The first-order valence-electron chi connectivity index (χ1n) is 13.2. The quantitative estimate of drug-likeness (QED) is 0.380. The first-order chi connectivity index (χ1) is 19.4. The van der Waals surface area contributed by atoms with E-state index in [0.29, 0.717) is 37.4 Å². The number of amides is 1. The van der Waals surface area contributed by atoms with E-state index in [1.807, 2.05) is 44.2 Å². The number of hydrogen-bond acceptors (Lipinski definition) is 6. The van der Waals surface area contributed by atoms with Crippen molar-refractivity contribution in [3.63, 3.8) is 0 Å². The van der Waals surface area contributed by atoms with Crippen LogP contribution >= 0.6 is 15.9 Å². The van der Waals surface area contributed by atoms with Gasteiger partial charge in [0.2, 0.25) is 22.7 Å². The molecule has 0 unspecified atom stereocenters. The molecule has 2 aromatic carbocycles. The van der Waals surface area contributed by atoms with E-state index in [1.54, 1.807) is 22.4 Å². The number of anilines is 1. The van der Waals surface area contributed by atoms with Gasteiger partial charge in [0.05, 0.1) is 11.5 Å². The lowest BCUT2D eigenvalue weighted by atomic mass is 10.0. The number of piperidine rings is 1. The Morgan fingerprint density at radius 1 is 1.05 bits per heavy atom. The molecule has 0 radical (unpaired) electrons. The highest BCUT2D eigenvalue weighted by atomic mass is 79.9. The van der Waals surface area contributed by atoms with Crippen LogP contribution in [0.5, 0.6) is 0 Å². The van der Waals surface area contributed by atoms with Gasteiger partial charge in [-0.25, -0.2) is 8.42 Å². The highest BCUT2D eigenvalue weighted by molar-refractivity contribution is 9.10. The molecule has 2 aliphatic heterocycles. The first kappa shape index (κ1) is 34.9. The van der Waals surface area contributed by atoms with Crippen LogP contribution in [0.25, 0.3) is 0 Å². The largest absolute Gasteiger partial charge is 0.446 e. The third-order valence-electron chi connectivity index (χ3n) is 6.70. The van der Waals surface area contributed by atoms with E-state index in [1.165, 1.54) is 5.56 Å². The number of likely N-dealkylation sites (N-methyl/N-ethyl adjacent to an activating group) is 1. The van der Waals surface area contributed by atoms with Crippen LogP contribution in [0.2, 0.25) is 0 Å². The molecule has 13 heteroatoms. The summed E-state index contributed by atoms with van der Waals surface area (Å²) in [5.41, 5.74) is 4.03. The minimum absolute atomic E-state index is 0.0667. The average molecular weight is 665 g/mol. The molecule has 4 rings (SSSR count). The molecule has 0 atom stereocenters. The predicted octanol–water partition coefficient (Wildman–Crippen LogP) is 5.17. The Morgan fingerprint density at radius 2 is 1.68 bits per heavy atom. The Labute approximate surface area is 248 Å². The van der Waals surface area contributed by atoms with Crippen molar-refractivity contribution in [2.24, 2.45) is 0 Å². The van der Waals surface area contributed by atoms with Gasteiger partial charge in [0.15, 0.2) is 0 Å². The maximum Gasteiger partial charge on any atom is 0.446 e. The first-order valence-corrected chi connectivity index (χ1v) is 15.5. The molecular formula is C28H37BrF3N3O5S. The van der Waals surface area contributed by atoms with Crippen LogP contribution in [0.3, 0.4) is 0 Å². The number of carbonyl (C=O) groups excluding carboxylic acids is 2. The lowest BCUT2D eigenvalue weighted by molar-refractivity contribution is -0.156. The molecular weight excluding hydrogens is 627 g/mol. The van der Waals surface area contributed by atoms with Crippen molar-refractivity contribution in [3.8, 4) is 0 Å². The fourth-order valence-electron chi connectivity index (χ4n) is 4.76. The lowest BCUT2D eigenvalue weighted by Crippen LogP contribution is -2.46. The third kappa shape index (κ3) is 9.60. The molecule has 2 aliphatic rings. The van der Waals surface area contributed by atoms with Crippen molar-refractivity contribution < 1.29 is 35.9 Å². The Bertz CT molecular complexity index is 1270. The van der Waals surface area contributed by atoms with Crippen LogP contribution in [0, 0.1) is 0 Å². The number of hydrogen-bond donors (Lipinski definition) is 0.